The quantitative estimate of drug-likeness (QED) is 0.0457. The van der Waals surface area contributed by atoms with Gasteiger partial charge in [-0.3, -0.25) is 0 Å². The van der Waals surface area contributed by atoms with E-state index in [9.17, 15) is 38.4 Å². The molecular weight excluding hydrogens is 993 g/mol. The third kappa shape index (κ3) is 12.7. The summed E-state index contributed by atoms with van der Waals surface area (Å²) in [4.78, 5) is 137. The first kappa shape index (κ1) is 55.7. The van der Waals surface area contributed by atoms with Crippen LogP contribution in [0.4, 0.5) is 0 Å². The molecule has 0 fully saturated rings. The van der Waals surface area contributed by atoms with Crippen molar-refractivity contribution < 1.29 is 95.3 Å². The van der Waals surface area contributed by atoms with Crippen molar-refractivity contribution in [1.82, 2.24) is 0 Å². The maximum absolute atomic E-state index is 15.1. The van der Waals surface area contributed by atoms with Crippen molar-refractivity contribution in [3.8, 4) is 0 Å². The Hall–Kier alpha value is -9.66. The fraction of sp³-hybridized carbons (Fsp3) is 0.179. The van der Waals surface area contributed by atoms with Gasteiger partial charge < -0.3 is 47.4 Å². The summed E-state index contributed by atoms with van der Waals surface area (Å²) in [5, 5.41) is 0. The van der Waals surface area contributed by atoms with Crippen LogP contribution in [0.25, 0.3) is 0 Å². The van der Waals surface area contributed by atoms with Crippen molar-refractivity contribution in [3.05, 3.63) is 212 Å². The minimum absolute atomic E-state index is 0.379. The number of hydrogen-bond acceptors (Lipinski definition) is 20. The second kappa shape index (κ2) is 25.8. The molecule has 0 heterocycles. The van der Waals surface area contributed by atoms with Crippen molar-refractivity contribution in [2.75, 3.05) is 42.7 Å². The Bertz CT molecular complexity index is 2790. The Balaban J connectivity index is 1.58. The minimum atomic E-state index is -2.45. The van der Waals surface area contributed by atoms with E-state index in [0.29, 0.717) is 22.3 Å². The maximum atomic E-state index is 15.1. The lowest BCUT2D eigenvalue weighted by Gasteiger charge is -2.31. The molecule has 0 aromatic heterocycles. The van der Waals surface area contributed by atoms with Gasteiger partial charge >= 0.3 is 59.7 Å². The molecular formula is C56H46O20. The van der Waals surface area contributed by atoms with Crippen molar-refractivity contribution in [1.29, 1.82) is 0 Å². The summed E-state index contributed by atoms with van der Waals surface area (Å²) in [5.74, 6) is -13.9. The molecule has 0 radical (unpaired) electrons. The molecule has 0 aliphatic heterocycles. The number of carbonyl (C=O) groups excluding carboxylic acids is 10. The smallest absolute Gasteiger partial charge is 0.346 e. The monoisotopic (exact) mass is 1040 g/mol. The highest BCUT2D eigenvalue weighted by Gasteiger charge is 2.45. The summed E-state index contributed by atoms with van der Waals surface area (Å²) in [6.45, 7) is 0. The summed E-state index contributed by atoms with van der Waals surface area (Å²) in [7, 11) is 5.71. The lowest BCUT2D eigenvalue weighted by atomic mass is 9.97. The van der Waals surface area contributed by atoms with Crippen LogP contribution in [0.2, 0.25) is 0 Å². The van der Waals surface area contributed by atoms with Gasteiger partial charge in [-0.05, 0) is 46.5 Å². The van der Waals surface area contributed by atoms with Crippen LogP contribution < -0.4 is 0 Å². The molecule has 0 saturated carbocycles. The number of methoxy groups -OCH3 is 6. The normalized spacial score (nSPS) is 11.5. The van der Waals surface area contributed by atoms with Crippen LogP contribution in [-0.4, -0.2) is 115 Å². The molecule has 390 valence electrons. The van der Waals surface area contributed by atoms with Gasteiger partial charge in [0.2, 0.25) is 0 Å². The van der Waals surface area contributed by atoms with Crippen molar-refractivity contribution in [2.24, 2.45) is 0 Å². The third-order valence-corrected chi connectivity index (χ3v) is 11.2. The molecule has 6 rings (SSSR count). The summed E-state index contributed by atoms with van der Waals surface area (Å²) in [6, 6.07) is 36.1. The van der Waals surface area contributed by atoms with Crippen LogP contribution in [0.3, 0.4) is 0 Å². The largest absolute Gasteiger partial charge is 0.465 e. The van der Waals surface area contributed by atoms with Gasteiger partial charge in [0, 0.05) is 0 Å². The van der Waals surface area contributed by atoms with Crippen LogP contribution >= 0.6 is 0 Å². The van der Waals surface area contributed by atoms with Crippen molar-refractivity contribution in [3.63, 3.8) is 0 Å². The Morgan fingerprint density at radius 3 is 0.737 bits per heavy atom. The molecule has 76 heavy (non-hydrogen) atoms. The first-order valence-corrected chi connectivity index (χ1v) is 22.5. The predicted molar refractivity (Wildman–Crippen MR) is 261 cm³/mol. The van der Waals surface area contributed by atoms with E-state index in [1.54, 1.807) is 121 Å². The highest BCUT2D eigenvalue weighted by atomic mass is 16.6. The lowest BCUT2D eigenvalue weighted by Crippen LogP contribution is -2.47. The van der Waals surface area contributed by atoms with E-state index in [2.05, 4.69) is 0 Å². The third-order valence-electron chi connectivity index (χ3n) is 11.2. The van der Waals surface area contributed by atoms with Crippen LogP contribution in [0.1, 0.15) is 117 Å². The topological polar surface area (TPSA) is 263 Å². The minimum Gasteiger partial charge on any atom is -0.465 e. The molecule has 0 N–H and O–H groups in total. The highest BCUT2D eigenvalue weighted by Crippen LogP contribution is 2.34. The molecule has 6 aromatic carbocycles. The Morgan fingerprint density at radius 2 is 0.526 bits per heavy atom. The van der Waals surface area contributed by atoms with E-state index in [1.165, 1.54) is 0 Å². The standard InChI is InChI=1S/C56H46O20/c1-67-49(59)37-27-35(28-38(50(60)68-2)41(37)53(63)71-5)47(57)75-55(65)45(73-43(31-19-11-7-12-20-31)32-21-13-8-14-22-32)46(74-44(33-23-15-9-16-24-33)34-25-17-10-18-26-34)56(66)76-48(58)36-29-39(51(61)69-3)42(54(64)72-6)40(30-36)52(62)70-4/h7-30,43-46H,1-6H3/t45-,46-/m1/s1. The van der Waals surface area contributed by atoms with Crippen molar-refractivity contribution in [2.45, 2.75) is 24.4 Å². The number of benzene rings is 6. The molecule has 0 spiro atoms. The molecule has 0 amide bonds. The van der Waals surface area contributed by atoms with E-state index in [-0.39, 0.29) is 0 Å². The number of ether oxygens (including phenoxy) is 10. The van der Waals surface area contributed by atoms with Gasteiger partial charge in [0.15, 0.2) is 12.2 Å². The van der Waals surface area contributed by atoms with E-state index >= 15 is 9.59 Å². The van der Waals surface area contributed by atoms with Gasteiger partial charge in [-0.25, -0.2) is 47.9 Å². The number of esters is 10. The SMILES string of the molecule is COC(=O)c1cc(C(=O)OC(=O)[C@H](OC(c2ccccc2)c2ccccc2)[C@@H](OC(c2ccccc2)c2ccccc2)C(=O)OC(=O)c2cc(C(=O)OC)c(C(=O)OC)c(C(=O)OC)c2)cc(C(=O)OC)c1C(=O)OC. The van der Waals surface area contributed by atoms with E-state index in [1.807, 2.05) is 0 Å². The summed E-state index contributed by atoms with van der Waals surface area (Å²) >= 11 is 0. The lowest BCUT2D eigenvalue weighted by molar-refractivity contribution is -0.185. The molecule has 2 atom stereocenters. The first-order valence-electron chi connectivity index (χ1n) is 22.5. The molecule has 0 saturated heterocycles. The molecule has 0 unspecified atom stereocenters. The van der Waals surface area contributed by atoms with Crippen molar-refractivity contribution >= 4 is 59.7 Å². The van der Waals surface area contributed by atoms with Gasteiger partial charge in [-0.15, -0.1) is 0 Å². The summed E-state index contributed by atoms with van der Waals surface area (Å²) in [5.41, 5.74) is -3.94. The molecule has 6 aromatic rings. The predicted octanol–water partition coefficient (Wildman–Crippen LogP) is 6.82. The zero-order valence-electron chi connectivity index (χ0n) is 41.3. The molecule has 0 aliphatic carbocycles. The second-order valence-corrected chi connectivity index (χ2v) is 15.8. The fourth-order valence-corrected chi connectivity index (χ4v) is 7.67. The van der Waals surface area contributed by atoms with Gasteiger partial charge in [-0.1, -0.05) is 121 Å². The Morgan fingerprint density at radius 1 is 0.303 bits per heavy atom. The second-order valence-electron chi connectivity index (χ2n) is 15.8. The molecule has 0 bridgehead atoms. The zero-order valence-corrected chi connectivity index (χ0v) is 41.3. The Labute approximate surface area is 433 Å². The van der Waals surface area contributed by atoms with Gasteiger partial charge in [0.05, 0.1) is 87.2 Å². The average molecular weight is 1040 g/mol. The molecule has 20 nitrogen and oxygen atoms in total. The number of rotatable bonds is 19. The van der Waals surface area contributed by atoms with Gasteiger partial charge in [0.1, 0.15) is 12.2 Å². The highest BCUT2D eigenvalue weighted by molar-refractivity contribution is 6.14. The molecule has 0 aliphatic rings. The van der Waals surface area contributed by atoms with E-state index < -0.39 is 129 Å². The Kier molecular flexibility index (Phi) is 18.9. The zero-order chi connectivity index (χ0) is 55.1. The van der Waals surface area contributed by atoms with Crippen LogP contribution in [0.5, 0.6) is 0 Å². The summed E-state index contributed by atoms with van der Waals surface area (Å²) < 4.78 is 53.0. The molecule has 20 heteroatoms. The summed E-state index contributed by atoms with van der Waals surface area (Å²) in [6.07, 6.45) is -7.53. The van der Waals surface area contributed by atoms with E-state index in [0.717, 1.165) is 66.9 Å². The average Bonchev–Trinajstić information content (AvgIpc) is 3.48. The number of carbonyl (C=O) groups is 10. The number of hydrogen-bond donors (Lipinski definition) is 0. The van der Waals surface area contributed by atoms with Crippen LogP contribution in [-0.2, 0) is 57.0 Å². The first-order chi connectivity index (χ1) is 36.6. The fourth-order valence-electron chi connectivity index (χ4n) is 7.67. The maximum Gasteiger partial charge on any atom is 0.346 e. The van der Waals surface area contributed by atoms with Gasteiger partial charge in [0.25, 0.3) is 0 Å². The van der Waals surface area contributed by atoms with Gasteiger partial charge in [-0.2, -0.15) is 0 Å². The van der Waals surface area contributed by atoms with E-state index in [4.69, 9.17) is 47.4 Å². The van der Waals surface area contributed by atoms with Crippen LogP contribution in [0, 0.1) is 0 Å². The van der Waals surface area contributed by atoms with Crippen LogP contribution in [0.15, 0.2) is 146 Å².